The van der Waals surface area contributed by atoms with Crippen molar-refractivity contribution in [1.29, 1.82) is 0 Å². The summed E-state index contributed by atoms with van der Waals surface area (Å²) in [7, 11) is 1.73. The highest BCUT2D eigenvalue weighted by Gasteiger charge is 2.46. The largest absolute Gasteiger partial charge is 0.459 e. The van der Waals surface area contributed by atoms with Gasteiger partial charge in [0.15, 0.2) is 5.78 Å². The van der Waals surface area contributed by atoms with Crippen molar-refractivity contribution in [3.05, 3.63) is 53.6 Å². The summed E-state index contributed by atoms with van der Waals surface area (Å²) in [5, 5.41) is 3.94. The van der Waals surface area contributed by atoms with E-state index in [0.29, 0.717) is 12.0 Å². The second kappa shape index (κ2) is 6.55. The highest BCUT2D eigenvalue weighted by Crippen LogP contribution is 2.43. The van der Waals surface area contributed by atoms with E-state index in [-0.39, 0.29) is 30.4 Å². The molecular formula is C18H19FN2O3. The number of aromatic nitrogens is 2. The van der Waals surface area contributed by atoms with Gasteiger partial charge in [-0.05, 0) is 30.5 Å². The number of Topliss-reactive ketones (excluding diaryl/α,β-unsaturated/α-hetero) is 1. The molecule has 6 heteroatoms. The van der Waals surface area contributed by atoms with Crippen molar-refractivity contribution in [3.63, 3.8) is 0 Å². The van der Waals surface area contributed by atoms with Crippen molar-refractivity contribution >= 4 is 11.8 Å². The topological polar surface area (TPSA) is 61.2 Å². The number of benzene rings is 1. The molecule has 0 amide bonds. The molecule has 1 aromatic heterocycles. The minimum Gasteiger partial charge on any atom is -0.459 e. The molecule has 0 radical (unpaired) electrons. The first-order chi connectivity index (χ1) is 11.5. The second-order valence-corrected chi connectivity index (χ2v) is 6.29. The third-order valence-electron chi connectivity index (χ3n) is 4.16. The van der Waals surface area contributed by atoms with Crippen LogP contribution >= 0.6 is 0 Å². The maximum absolute atomic E-state index is 12.9. The Bertz CT molecular complexity index is 748. The predicted molar refractivity (Wildman–Crippen MR) is 84.9 cm³/mol. The number of halogens is 1. The van der Waals surface area contributed by atoms with Crippen LogP contribution < -0.4 is 0 Å². The monoisotopic (exact) mass is 330 g/mol. The fourth-order valence-corrected chi connectivity index (χ4v) is 2.65. The van der Waals surface area contributed by atoms with E-state index in [4.69, 9.17) is 4.74 Å². The lowest BCUT2D eigenvalue weighted by atomic mass is 10.1. The van der Waals surface area contributed by atoms with E-state index >= 15 is 0 Å². The molecule has 0 atom stereocenters. The number of ether oxygens (including phenoxy) is 1. The van der Waals surface area contributed by atoms with Crippen LogP contribution in [0, 0.1) is 5.82 Å². The molecule has 3 rings (SSSR count). The van der Waals surface area contributed by atoms with Gasteiger partial charge in [-0.15, -0.1) is 0 Å². The Kier molecular flexibility index (Phi) is 4.46. The van der Waals surface area contributed by atoms with E-state index in [2.05, 4.69) is 5.10 Å². The number of esters is 1. The number of carbonyl (C=O) groups is 2. The average molecular weight is 330 g/mol. The third kappa shape index (κ3) is 4.07. The molecule has 1 aliphatic carbocycles. The van der Waals surface area contributed by atoms with Crippen LogP contribution in [0.25, 0.3) is 0 Å². The first-order valence-electron chi connectivity index (χ1n) is 7.94. The van der Waals surface area contributed by atoms with Crippen LogP contribution in [0.3, 0.4) is 0 Å². The maximum atomic E-state index is 12.9. The van der Waals surface area contributed by atoms with Crippen molar-refractivity contribution in [1.82, 2.24) is 9.78 Å². The predicted octanol–water partition coefficient (Wildman–Crippen LogP) is 2.84. The summed E-state index contributed by atoms with van der Waals surface area (Å²) in [6.07, 6.45) is 5.46. The highest BCUT2D eigenvalue weighted by atomic mass is 19.1. The Morgan fingerprint density at radius 3 is 2.54 bits per heavy atom. The van der Waals surface area contributed by atoms with Gasteiger partial charge in [-0.3, -0.25) is 14.3 Å². The standard InChI is InChI=1S/C18H19FN2O3/c1-21-12-14(11-20-21)16(22)6-7-17(23)24-18(8-9-18)10-13-2-4-15(19)5-3-13/h2-5,11-12H,6-10H2,1H3. The molecule has 1 saturated carbocycles. The molecular weight excluding hydrogens is 311 g/mol. The van der Waals surface area contributed by atoms with Gasteiger partial charge < -0.3 is 4.74 Å². The smallest absolute Gasteiger partial charge is 0.306 e. The number of rotatable bonds is 7. The second-order valence-electron chi connectivity index (χ2n) is 6.29. The van der Waals surface area contributed by atoms with Crippen LogP contribution in [0.1, 0.15) is 41.6 Å². The van der Waals surface area contributed by atoms with E-state index in [1.807, 2.05) is 0 Å². The van der Waals surface area contributed by atoms with Gasteiger partial charge in [0.2, 0.25) is 0 Å². The summed E-state index contributed by atoms with van der Waals surface area (Å²) < 4.78 is 20.1. The molecule has 1 fully saturated rings. The van der Waals surface area contributed by atoms with Crippen molar-refractivity contribution in [2.45, 2.75) is 37.7 Å². The minimum absolute atomic E-state index is 0.0545. The lowest BCUT2D eigenvalue weighted by molar-refractivity contribution is -0.151. The molecule has 2 aromatic rings. The normalized spacial score (nSPS) is 15.1. The molecule has 5 nitrogen and oxygen atoms in total. The molecule has 1 aliphatic rings. The summed E-state index contributed by atoms with van der Waals surface area (Å²) in [6.45, 7) is 0. The van der Waals surface area contributed by atoms with E-state index in [1.165, 1.54) is 18.3 Å². The number of hydrogen-bond donors (Lipinski definition) is 0. The fourth-order valence-electron chi connectivity index (χ4n) is 2.65. The SMILES string of the molecule is Cn1cc(C(=O)CCC(=O)OC2(Cc3ccc(F)cc3)CC2)cn1. The summed E-state index contributed by atoms with van der Waals surface area (Å²) in [5.41, 5.74) is 0.956. The number of aryl methyl sites for hydroxylation is 1. The van der Waals surface area contributed by atoms with Gasteiger partial charge in [0, 0.05) is 26.1 Å². The number of ketones is 1. The lowest BCUT2D eigenvalue weighted by Gasteiger charge is -2.16. The summed E-state index contributed by atoms with van der Waals surface area (Å²) in [4.78, 5) is 24.0. The first kappa shape index (κ1) is 16.4. The number of carbonyl (C=O) groups excluding carboxylic acids is 2. The lowest BCUT2D eigenvalue weighted by Crippen LogP contribution is -2.22. The van der Waals surface area contributed by atoms with Gasteiger partial charge in [-0.1, -0.05) is 12.1 Å². The van der Waals surface area contributed by atoms with E-state index in [1.54, 1.807) is 30.1 Å². The van der Waals surface area contributed by atoms with Crippen molar-refractivity contribution in [2.75, 3.05) is 0 Å². The van der Waals surface area contributed by atoms with E-state index < -0.39 is 5.60 Å². The molecule has 1 aromatic carbocycles. The highest BCUT2D eigenvalue weighted by molar-refractivity contribution is 5.97. The Balaban J connectivity index is 1.49. The first-order valence-corrected chi connectivity index (χ1v) is 7.94. The molecule has 24 heavy (non-hydrogen) atoms. The molecule has 0 bridgehead atoms. The molecule has 0 saturated heterocycles. The molecule has 1 heterocycles. The zero-order valence-electron chi connectivity index (χ0n) is 13.5. The van der Waals surface area contributed by atoms with Gasteiger partial charge in [0.1, 0.15) is 11.4 Å². The Labute approximate surface area is 139 Å². The van der Waals surface area contributed by atoms with Crippen LogP contribution in [0.2, 0.25) is 0 Å². The van der Waals surface area contributed by atoms with E-state index in [0.717, 1.165) is 18.4 Å². The molecule has 126 valence electrons. The number of hydrogen-bond acceptors (Lipinski definition) is 4. The van der Waals surface area contributed by atoms with Crippen LogP contribution in [-0.4, -0.2) is 27.1 Å². The Hall–Kier alpha value is -2.50. The third-order valence-corrected chi connectivity index (χ3v) is 4.16. The van der Waals surface area contributed by atoms with Crippen LogP contribution in [-0.2, 0) is 23.0 Å². The Morgan fingerprint density at radius 1 is 1.25 bits per heavy atom. The fraction of sp³-hybridized carbons (Fsp3) is 0.389. The average Bonchev–Trinajstić information content (AvgIpc) is 3.15. The molecule has 0 N–H and O–H groups in total. The van der Waals surface area contributed by atoms with Crippen molar-refractivity contribution in [3.8, 4) is 0 Å². The van der Waals surface area contributed by atoms with Crippen molar-refractivity contribution < 1.29 is 18.7 Å². The van der Waals surface area contributed by atoms with E-state index in [9.17, 15) is 14.0 Å². The molecule has 0 unspecified atom stereocenters. The van der Waals surface area contributed by atoms with Gasteiger partial charge in [0.25, 0.3) is 0 Å². The van der Waals surface area contributed by atoms with Gasteiger partial charge >= 0.3 is 5.97 Å². The molecule has 0 spiro atoms. The number of nitrogens with zero attached hydrogens (tertiary/aromatic N) is 2. The van der Waals surface area contributed by atoms with Gasteiger partial charge in [0.05, 0.1) is 18.2 Å². The Morgan fingerprint density at radius 2 is 1.96 bits per heavy atom. The zero-order valence-corrected chi connectivity index (χ0v) is 13.5. The zero-order chi connectivity index (χ0) is 17.2. The van der Waals surface area contributed by atoms with Crippen molar-refractivity contribution in [2.24, 2.45) is 7.05 Å². The quantitative estimate of drug-likeness (QED) is 0.578. The van der Waals surface area contributed by atoms with Gasteiger partial charge in [-0.25, -0.2) is 4.39 Å². The van der Waals surface area contributed by atoms with Gasteiger partial charge in [-0.2, -0.15) is 5.10 Å². The van der Waals surface area contributed by atoms with Crippen LogP contribution in [0.4, 0.5) is 4.39 Å². The minimum atomic E-state index is -0.480. The summed E-state index contributed by atoms with van der Waals surface area (Å²) in [5.74, 6) is -0.773. The maximum Gasteiger partial charge on any atom is 0.306 e. The van der Waals surface area contributed by atoms with Crippen LogP contribution in [0.5, 0.6) is 0 Å². The summed E-state index contributed by atoms with van der Waals surface area (Å²) in [6, 6.07) is 6.21. The molecule has 0 aliphatic heterocycles. The summed E-state index contributed by atoms with van der Waals surface area (Å²) >= 11 is 0. The van der Waals surface area contributed by atoms with Crippen LogP contribution in [0.15, 0.2) is 36.7 Å².